The van der Waals surface area contributed by atoms with Gasteiger partial charge in [-0.15, -0.1) is 0 Å². The molecule has 0 aliphatic heterocycles. The maximum Gasteiger partial charge on any atom is 1.00 e. The second-order valence-corrected chi connectivity index (χ2v) is 6.25. The number of hydrogen-bond acceptors (Lipinski definition) is 3. The molecule has 0 heterocycles. The Bertz CT molecular complexity index is 298. The summed E-state index contributed by atoms with van der Waals surface area (Å²) >= 11 is 0. The predicted molar refractivity (Wildman–Crippen MR) is 88.3 cm³/mol. The van der Waals surface area contributed by atoms with Crippen LogP contribution in [-0.2, 0) is 9.59 Å². The van der Waals surface area contributed by atoms with Crippen LogP contribution in [0.4, 0.5) is 0 Å². The number of nitrogens with one attached hydrogen (secondary N) is 1. The molecule has 0 spiro atoms. The molecule has 5 heteroatoms. The molecule has 0 aromatic heterocycles. The van der Waals surface area contributed by atoms with E-state index in [2.05, 4.69) is 12.2 Å². The van der Waals surface area contributed by atoms with Gasteiger partial charge in [-0.3, -0.25) is 4.79 Å². The van der Waals surface area contributed by atoms with E-state index in [4.69, 9.17) is 0 Å². The van der Waals surface area contributed by atoms with Gasteiger partial charge in [0.1, 0.15) is 0 Å². The zero-order valence-corrected chi connectivity index (χ0v) is 17.5. The molecule has 0 unspecified atom stereocenters. The van der Waals surface area contributed by atoms with Gasteiger partial charge in [0, 0.05) is 6.42 Å². The van der Waals surface area contributed by atoms with Crippen LogP contribution in [0.2, 0.25) is 0 Å². The van der Waals surface area contributed by atoms with Crippen LogP contribution >= 0.6 is 0 Å². The van der Waals surface area contributed by atoms with Gasteiger partial charge in [-0.1, -0.05) is 77.6 Å². The average Bonchev–Trinajstić information content (AvgIpc) is 2.48. The summed E-state index contributed by atoms with van der Waals surface area (Å²) in [4.78, 5) is 21.9. The van der Waals surface area contributed by atoms with Crippen molar-refractivity contribution in [3.05, 3.63) is 0 Å². The zero-order chi connectivity index (χ0) is 16.6. The third kappa shape index (κ3) is 18.1. The van der Waals surface area contributed by atoms with Crippen LogP contribution in [0.5, 0.6) is 0 Å². The van der Waals surface area contributed by atoms with Crippen molar-refractivity contribution in [3.63, 3.8) is 0 Å². The Morgan fingerprint density at radius 2 is 1.22 bits per heavy atom. The first-order chi connectivity index (χ1) is 10.6. The third-order valence-electron chi connectivity index (χ3n) is 3.99. The normalized spacial score (nSPS) is 11.6. The van der Waals surface area contributed by atoms with Gasteiger partial charge < -0.3 is 15.2 Å². The van der Waals surface area contributed by atoms with Gasteiger partial charge in [0.25, 0.3) is 0 Å². The van der Waals surface area contributed by atoms with E-state index in [-0.39, 0.29) is 35.5 Å². The minimum absolute atomic E-state index is 0. The Morgan fingerprint density at radius 3 is 1.61 bits per heavy atom. The number of amides is 1. The van der Waals surface area contributed by atoms with Gasteiger partial charge in [0.15, 0.2) is 0 Å². The van der Waals surface area contributed by atoms with Crippen LogP contribution in [-0.4, -0.2) is 17.9 Å². The van der Waals surface area contributed by atoms with Gasteiger partial charge in [0.2, 0.25) is 5.91 Å². The summed E-state index contributed by atoms with van der Waals surface area (Å²) in [5.74, 6) is -1.42. The number of rotatable bonds is 15. The molecule has 0 aromatic carbocycles. The molecule has 0 rings (SSSR count). The Morgan fingerprint density at radius 1 is 0.826 bits per heavy atom. The molecule has 130 valence electrons. The van der Waals surface area contributed by atoms with E-state index in [1.807, 2.05) is 0 Å². The van der Waals surface area contributed by atoms with Gasteiger partial charge in [-0.25, -0.2) is 0 Å². The summed E-state index contributed by atoms with van der Waals surface area (Å²) in [5.41, 5.74) is 0. The topological polar surface area (TPSA) is 69.2 Å². The van der Waals surface area contributed by atoms with Crippen molar-refractivity contribution in [3.8, 4) is 0 Å². The summed E-state index contributed by atoms with van der Waals surface area (Å²) in [5, 5.41) is 12.9. The van der Waals surface area contributed by atoms with Crippen LogP contribution in [0, 0.1) is 0 Å². The third-order valence-corrected chi connectivity index (χ3v) is 3.99. The number of aliphatic carboxylic acids is 1. The van der Waals surface area contributed by atoms with Gasteiger partial charge in [0.05, 0.1) is 12.0 Å². The first-order valence-electron chi connectivity index (χ1n) is 9.08. The molecule has 4 nitrogen and oxygen atoms in total. The summed E-state index contributed by atoms with van der Waals surface area (Å²) in [6, 6.07) is -0.898. The predicted octanol–water partition coefficient (Wildman–Crippen LogP) is 0.336. The van der Waals surface area contributed by atoms with Gasteiger partial charge >= 0.3 is 29.6 Å². The summed E-state index contributed by atoms with van der Waals surface area (Å²) in [6.07, 6.45) is 15.5. The smallest absolute Gasteiger partial charge is 0.548 e. The van der Waals surface area contributed by atoms with E-state index < -0.39 is 12.0 Å². The monoisotopic (exact) mass is 335 g/mol. The minimum Gasteiger partial charge on any atom is -0.548 e. The first kappa shape index (κ1) is 25.2. The summed E-state index contributed by atoms with van der Waals surface area (Å²) in [7, 11) is 0. The van der Waals surface area contributed by atoms with E-state index in [0.717, 1.165) is 12.8 Å². The molecule has 0 saturated carbocycles. The van der Waals surface area contributed by atoms with Crippen LogP contribution in [0.1, 0.15) is 97.3 Å². The quantitative estimate of drug-likeness (QED) is 0.346. The molecular weight excluding hydrogens is 301 g/mol. The van der Waals surface area contributed by atoms with Crippen molar-refractivity contribution in [2.24, 2.45) is 0 Å². The summed E-state index contributed by atoms with van der Waals surface area (Å²) in [6.45, 7) is 3.67. The second-order valence-electron chi connectivity index (χ2n) is 6.25. The Hall–Kier alpha value is -0.0600. The van der Waals surface area contributed by atoms with Crippen LogP contribution in [0.15, 0.2) is 0 Å². The fraction of sp³-hybridized carbons (Fsp3) is 0.889. The molecule has 0 radical (unpaired) electrons. The van der Waals surface area contributed by atoms with Crippen molar-refractivity contribution in [1.29, 1.82) is 0 Å². The van der Waals surface area contributed by atoms with Crippen molar-refractivity contribution < 1.29 is 44.3 Å². The number of carboxylic acid groups (broad SMARTS) is 1. The number of carbonyl (C=O) groups is 2. The SMILES string of the molecule is CCCCCCCCCCCCCCC(=O)N[C@@H](C)C(=O)[O-].[Na+]. The molecule has 1 atom stereocenters. The van der Waals surface area contributed by atoms with E-state index in [1.165, 1.54) is 71.1 Å². The molecule has 23 heavy (non-hydrogen) atoms. The molecule has 1 N–H and O–H groups in total. The Balaban J connectivity index is 0. The average molecular weight is 335 g/mol. The number of carboxylic acids is 1. The fourth-order valence-corrected chi connectivity index (χ4v) is 2.50. The van der Waals surface area contributed by atoms with Crippen molar-refractivity contribution in [2.75, 3.05) is 0 Å². The number of carbonyl (C=O) groups excluding carboxylic acids is 2. The van der Waals surface area contributed by atoms with Crippen LogP contribution < -0.4 is 40.0 Å². The van der Waals surface area contributed by atoms with E-state index >= 15 is 0 Å². The molecule has 1 amide bonds. The van der Waals surface area contributed by atoms with E-state index in [9.17, 15) is 14.7 Å². The van der Waals surface area contributed by atoms with Crippen molar-refractivity contribution in [1.82, 2.24) is 5.32 Å². The molecule has 0 aliphatic carbocycles. The van der Waals surface area contributed by atoms with E-state index in [1.54, 1.807) is 0 Å². The standard InChI is InChI=1S/C18H35NO3.Na/c1-3-4-5-6-7-8-9-10-11-12-13-14-15-17(20)19-16(2)18(21)22;/h16H,3-15H2,1-2H3,(H,19,20)(H,21,22);/q;+1/p-1/t16-;/m0./s1. The molecule has 0 bridgehead atoms. The van der Waals surface area contributed by atoms with Crippen molar-refractivity contribution in [2.45, 2.75) is 103 Å². The molecule has 0 aromatic rings. The van der Waals surface area contributed by atoms with Gasteiger partial charge in [-0.2, -0.15) is 0 Å². The zero-order valence-electron chi connectivity index (χ0n) is 15.5. The van der Waals surface area contributed by atoms with Crippen LogP contribution in [0.25, 0.3) is 0 Å². The fourth-order valence-electron chi connectivity index (χ4n) is 2.50. The van der Waals surface area contributed by atoms with Crippen molar-refractivity contribution >= 4 is 11.9 Å². The summed E-state index contributed by atoms with van der Waals surface area (Å²) < 4.78 is 0. The van der Waals surface area contributed by atoms with Gasteiger partial charge in [-0.05, 0) is 13.3 Å². The largest absolute Gasteiger partial charge is 1.00 e. The minimum atomic E-state index is -1.23. The number of unbranched alkanes of at least 4 members (excludes halogenated alkanes) is 11. The molecule has 0 saturated heterocycles. The Kier molecular flexibility index (Phi) is 20.0. The maximum atomic E-state index is 11.4. The number of hydrogen-bond donors (Lipinski definition) is 1. The Labute approximate surface area is 164 Å². The second kappa shape index (κ2) is 18.3. The first-order valence-corrected chi connectivity index (χ1v) is 9.08. The molecule has 0 fully saturated rings. The van der Waals surface area contributed by atoms with Crippen LogP contribution in [0.3, 0.4) is 0 Å². The molecule has 0 aliphatic rings. The molecular formula is C18H34NNaO3. The maximum absolute atomic E-state index is 11.4. The van der Waals surface area contributed by atoms with E-state index in [0.29, 0.717) is 6.42 Å².